The number of nitrogens with zero attached hydrogens (tertiary/aromatic N) is 4. The Morgan fingerprint density at radius 3 is 2.71 bits per heavy atom. The summed E-state index contributed by atoms with van der Waals surface area (Å²) in [5.41, 5.74) is 2.24. The number of aromatic nitrogens is 3. The fourth-order valence-electron chi connectivity index (χ4n) is 3.87. The van der Waals surface area contributed by atoms with Crippen molar-refractivity contribution in [3.63, 3.8) is 0 Å². The molecule has 0 aliphatic carbocycles. The van der Waals surface area contributed by atoms with Gasteiger partial charge in [-0.15, -0.1) is 0 Å². The highest BCUT2D eigenvalue weighted by Crippen LogP contribution is 2.21. The molecule has 1 aromatic carbocycles. The van der Waals surface area contributed by atoms with Gasteiger partial charge >= 0.3 is 0 Å². The second kappa shape index (κ2) is 7.84. The number of pyridine rings is 1. The zero-order chi connectivity index (χ0) is 19.5. The van der Waals surface area contributed by atoms with Crippen LogP contribution in [0.3, 0.4) is 0 Å². The van der Waals surface area contributed by atoms with Gasteiger partial charge in [-0.05, 0) is 42.0 Å². The summed E-state index contributed by atoms with van der Waals surface area (Å²) in [4.78, 5) is 27.6. The van der Waals surface area contributed by atoms with E-state index in [4.69, 9.17) is 0 Å². The third kappa shape index (κ3) is 3.91. The van der Waals surface area contributed by atoms with E-state index in [2.05, 4.69) is 5.10 Å². The molecule has 6 nitrogen and oxygen atoms in total. The molecule has 0 bridgehead atoms. The summed E-state index contributed by atoms with van der Waals surface area (Å²) in [5.74, 6) is 0.240. The van der Waals surface area contributed by atoms with Gasteiger partial charge in [0.15, 0.2) is 0 Å². The van der Waals surface area contributed by atoms with Gasteiger partial charge in [0.25, 0.3) is 11.5 Å². The van der Waals surface area contributed by atoms with Gasteiger partial charge in [-0.3, -0.25) is 14.3 Å². The molecule has 4 rings (SSSR count). The molecule has 0 radical (unpaired) electrons. The monoisotopic (exact) mass is 376 g/mol. The number of carbonyl (C=O) groups is 1. The Morgan fingerprint density at radius 2 is 1.96 bits per heavy atom. The highest BCUT2D eigenvalue weighted by atomic mass is 16.2. The van der Waals surface area contributed by atoms with E-state index < -0.39 is 0 Å². The van der Waals surface area contributed by atoms with Crippen LogP contribution in [0.25, 0.3) is 0 Å². The van der Waals surface area contributed by atoms with Crippen molar-refractivity contribution in [3.05, 3.63) is 88.1 Å². The van der Waals surface area contributed by atoms with Gasteiger partial charge < -0.3 is 9.47 Å². The van der Waals surface area contributed by atoms with Crippen molar-refractivity contribution in [1.29, 1.82) is 0 Å². The van der Waals surface area contributed by atoms with Crippen molar-refractivity contribution in [2.75, 3.05) is 13.1 Å². The van der Waals surface area contributed by atoms with Crippen LogP contribution in [0, 0.1) is 5.92 Å². The van der Waals surface area contributed by atoms with Crippen molar-refractivity contribution >= 4 is 5.91 Å². The molecule has 0 spiro atoms. The lowest BCUT2D eigenvalue weighted by molar-refractivity contribution is 0.0784. The molecule has 0 saturated carbocycles. The maximum absolute atomic E-state index is 13.0. The van der Waals surface area contributed by atoms with Gasteiger partial charge in [-0.25, -0.2) is 0 Å². The van der Waals surface area contributed by atoms with Crippen LogP contribution < -0.4 is 5.56 Å². The van der Waals surface area contributed by atoms with Gasteiger partial charge in [-0.2, -0.15) is 5.10 Å². The Labute approximate surface area is 164 Å². The van der Waals surface area contributed by atoms with Crippen LogP contribution in [0.2, 0.25) is 0 Å². The van der Waals surface area contributed by atoms with Crippen LogP contribution in [0.15, 0.2) is 65.8 Å². The lowest BCUT2D eigenvalue weighted by Gasteiger charge is -2.17. The van der Waals surface area contributed by atoms with Crippen LogP contribution >= 0.6 is 0 Å². The normalized spacial score (nSPS) is 16.5. The molecule has 28 heavy (non-hydrogen) atoms. The second-order valence-electron chi connectivity index (χ2n) is 7.47. The summed E-state index contributed by atoms with van der Waals surface area (Å²) in [6, 6.07) is 13.2. The van der Waals surface area contributed by atoms with E-state index >= 15 is 0 Å². The first kappa shape index (κ1) is 18.2. The van der Waals surface area contributed by atoms with Crippen molar-refractivity contribution in [1.82, 2.24) is 19.2 Å². The SMILES string of the molecule is Cn1cc(CC2CCN(C(=O)c3cccn(Cc4ccccc4)c3=O)C2)cn1. The van der Waals surface area contributed by atoms with Crippen molar-refractivity contribution in [2.24, 2.45) is 13.0 Å². The maximum atomic E-state index is 13.0. The Bertz CT molecular complexity index is 1020. The fraction of sp³-hybridized carbons (Fsp3) is 0.318. The molecule has 1 saturated heterocycles. The van der Waals surface area contributed by atoms with Gasteiger partial charge in [0.1, 0.15) is 5.56 Å². The van der Waals surface area contributed by atoms with Gasteiger partial charge in [0, 0.05) is 32.5 Å². The summed E-state index contributed by atoms with van der Waals surface area (Å²) < 4.78 is 3.40. The fourth-order valence-corrected chi connectivity index (χ4v) is 3.87. The van der Waals surface area contributed by atoms with Crippen LogP contribution in [0.1, 0.15) is 27.9 Å². The average Bonchev–Trinajstić information content (AvgIpc) is 3.33. The smallest absolute Gasteiger partial charge is 0.263 e. The van der Waals surface area contributed by atoms with Crippen LogP contribution in [0.4, 0.5) is 0 Å². The highest BCUT2D eigenvalue weighted by molar-refractivity contribution is 5.94. The van der Waals surface area contributed by atoms with E-state index in [9.17, 15) is 9.59 Å². The Hall–Kier alpha value is -3.15. The highest BCUT2D eigenvalue weighted by Gasteiger charge is 2.28. The summed E-state index contributed by atoms with van der Waals surface area (Å²) in [7, 11) is 1.91. The molecule has 6 heteroatoms. The third-order valence-corrected chi connectivity index (χ3v) is 5.30. The lowest BCUT2D eigenvalue weighted by atomic mass is 10.0. The number of likely N-dealkylation sites (tertiary alicyclic amines) is 1. The standard InChI is InChI=1S/C22H24N4O2/c1-24-14-19(13-23-24)12-18-9-11-26(16-18)22(28)20-8-5-10-25(21(20)27)15-17-6-3-2-4-7-17/h2-8,10,13-14,18H,9,11-12,15-16H2,1H3. The minimum absolute atomic E-state index is 0.166. The molecule has 2 aromatic heterocycles. The number of hydrogen-bond acceptors (Lipinski definition) is 3. The molecule has 144 valence electrons. The minimum Gasteiger partial charge on any atom is -0.338 e. The number of hydrogen-bond donors (Lipinski definition) is 0. The Balaban J connectivity index is 1.46. The summed E-state index contributed by atoms with van der Waals surface area (Å²) in [6.07, 6.45) is 7.49. The Morgan fingerprint density at radius 1 is 1.14 bits per heavy atom. The number of amides is 1. The van der Waals surface area contributed by atoms with Gasteiger partial charge in [0.05, 0.1) is 12.7 Å². The van der Waals surface area contributed by atoms with Crippen molar-refractivity contribution in [2.45, 2.75) is 19.4 Å². The van der Waals surface area contributed by atoms with Crippen LogP contribution in [-0.2, 0) is 20.0 Å². The second-order valence-corrected chi connectivity index (χ2v) is 7.47. The van der Waals surface area contributed by atoms with E-state index in [1.165, 1.54) is 5.56 Å². The predicted molar refractivity (Wildman–Crippen MR) is 107 cm³/mol. The first-order valence-electron chi connectivity index (χ1n) is 9.60. The zero-order valence-corrected chi connectivity index (χ0v) is 16.0. The predicted octanol–water partition coefficient (Wildman–Crippen LogP) is 2.33. The molecule has 1 aliphatic heterocycles. The first-order valence-corrected chi connectivity index (χ1v) is 9.60. The topological polar surface area (TPSA) is 60.1 Å². The molecular formula is C22H24N4O2. The molecule has 3 aromatic rings. The average molecular weight is 376 g/mol. The molecule has 1 aliphatic rings. The summed E-state index contributed by atoms with van der Waals surface area (Å²) in [5, 5.41) is 4.21. The molecule has 1 atom stereocenters. The molecular weight excluding hydrogens is 352 g/mol. The molecule has 1 unspecified atom stereocenters. The zero-order valence-electron chi connectivity index (χ0n) is 16.0. The van der Waals surface area contributed by atoms with E-state index in [1.807, 2.05) is 54.7 Å². The largest absolute Gasteiger partial charge is 0.338 e. The van der Waals surface area contributed by atoms with Gasteiger partial charge in [0.2, 0.25) is 0 Å². The molecule has 3 heterocycles. The summed E-state index contributed by atoms with van der Waals surface area (Å²) >= 11 is 0. The number of benzene rings is 1. The van der Waals surface area contributed by atoms with Crippen molar-refractivity contribution < 1.29 is 4.79 Å². The lowest BCUT2D eigenvalue weighted by Crippen LogP contribution is -2.35. The minimum atomic E-state index is -0.230. The van der Waals surface area contributed by atoms with Crippen molar-refractivity contribution in [3.8, 4) is 0 Å². The van der Waals surface area contributed by atoms with E-state index in [1.54, 1.807) is 27.6 Å². The Kier molecular flexibility index (Phi) is 5.10. The number of carbonyl (C=O) groups excluding carboxylic acids is 1. The third-order valence-electron chi connectivity index (χ3n) is 5.30. The number of aryl methyl sites for hydroxylation is 1. The number of rotatable bonds is 5. The van der Waals surface area contributed by atoms with Gasteiger partial charge in [-0.1, -0.05) is 30.3 Å². The van der Waals surface area contributed by atoms with Crippen LogP contribution in [0.5, 0.6) is 0 Å². The maximum Gasteiger partial charge on any atom is 0.263 e. The molecule has 1 fully saturated rings. The molecule has 0 N–H and O–H groups in total. The molecule has 1 amide bonds. The van der Waals surface area contributed by atoms with E-state index in [0.717, 1.165) is 18.4 Å². The van der Waals surface area contributed by atoms with E-state index in [0.29, 0.717) is 25.6 Å². The van der Waals surface area contributed by atoms with Crippen LogP contribution in [-0.4, -0.2) is 38.2 Å². The first-order chi connectivity index (χ1) is 13.6. The summed E-state index contributed by atoms with van der Waals surface area (Å²) in [6.45, 7) is 1.84. The van der Waals surface area contributed by atoms with E-state index in [-0.39, 0.29) is 17.0 Å². The quantitative estimate of drug-likeness (QED) is 0.687.